The molecule has 0 fully saturated rings. The molecule has 6 heteroatoms. The molecule has 0 aliphatic rings. The van der Waals surface area contributed by atoms with Crippen LogP contribution in [0.2, 0.25) is 0 Å². The van der Waals surface area contributed by atoms with Crippen molar-refractivity contribution in [1.82, 2.24) is 0 Å². The molecule has 1 heterocycles. The second-order valence-corrected chi connectivity index (χ2v) is 10.7. The number of rotatable bonds is 1. The van der Waals surface area contributed by atoms with E-state index in [1.807, 2.05) is 75.4 Å². The second kappa shape index (κ2) is 14.8. The van der Waals surface area contributed by atoms with Gasteiger partial charge in [0.25, 0.3) is 0 Å². The van der Waals surface area contributed by atoms with E-state index in [1.54, 1.807) is 18.4 Å². The average molecular weight is 541 g/mol. The van der Waals surface area contributed by atoms with Crippen molar-refractivity contribution in [3.05, 3.63) is 82.3 Å². The molecule has 188 valence electrons. The molecule has 0 aliphatic heterocycles. The zero-order valence-electron chi connectivity index (χ0n) is 21.8. The Morgan fingerprint density at radius 2 is 1.06 bits per heavy atom. The van der Waals surface area contributed by atoms with Crippen LogP contribution in [0.25, 0.3) is 0 Å². The van der Waals surface area contributed by atoms with Crippen LogP contribution >= 0.6 is 0 Å². The Balaban J connectivity index is 0. The summed E-state index contributed by atoms with van der Waals surface area (Å²) >= 11 is 1.96. The molecule has 0 saturated carbocycles. The maximum Gasteiger partial charge on any atom is -1.00 e. The fraction of sp³-hybridized carbons (Fsp3) is 0.393. The smallest absolute Gasteiger partial charge is 1.00 e. The minimum atomic E-state index is 0. The summed E-state index contributed by atoms with van der Waals surface area (Å²) in [4.78, 5) is 0. The summed E-state index contributed by atoms with van der Waals surface area (Å²) in [6, 6.07) is 13.4. The maximum atomic E-state index is 9.57. The molecule has 0 atom stereocenters. The van der Waals surface area contributed by atoms with Crippen LogP contribution in [0.5, 0.6) is 11.5 Å². The molecule has 3 nitrogen and oxygen atoms in total. The second-order valence-electron chi connectivity index (χ2n) is 10.2. The van der Waals surface area contributed by atoms with Gasteiger partial charge in [0.1, 0.15) is 11.5 Å². The number of benzene rings is 2. The fourth-order valence-corrected chi connectivity index (χ4v) is 3.27. The molecule has 0 radical (unpaired) electrons. The van der Waals surface area contributed by atoms with E-state index in [4.69, 9.17) is 4.42 Å². The van der Waals surface area contributed by atoms with Crippen molar-refractivity contribution in [1.29, 1.82) is 0 Å². The molecule has 0 saturated heterocycles. The van der Waals surface area contributed by atoms with Crippen LogP contribution in [0.4, 0.5) is 0 Å². The van der Waals surface area contributed by atoms with Gasteiger partial charge in [0.15, 0.2) is 0 Å². The van der Waals surface area contributed by atoms with Gasteiger partial charge in [-0.05, 0) is 47.9 Å². The van der Waals surface area contributed by atoms with Crippen molar-refractivity contribution in [2.24, 2.45) is 0 Å². The number of phenolic OH excluding ortho intramolecular Hbond substituents is 2. The standard InChI is InChI=1S/2C11H16O.C6H6O.2ClH.Ti/c2*1-8-5-6-10(12)9(7-8)11(2,3)4;1-5-3-6(2)7-4-5;;;/h2*5-7,12H,1-4H3;2-4H,1H3;2*1H;/p-2. The molecule has 0 spiro atoms. The molecule has 0 bridgehead atoms. The molecule has 0 aliphatic carbocycles. The Labute approximate surface area is 229 Å². The minimum absolute atomic E-state index is 0. The van der Waals surface area contributed by atoms with E-state index in [0.717, 1.165) is 16.9 Å². The van der Waals surface area contributed by atoms with Crippen molar-refractivity contribution in [2.45, 2.75) is 73.1 Å². The van der Waals surface area contributed by atoms with Gasteiger partial charge in [0.2, 0.25) is 0 Å². The Hall–Kier alpha value is -1.52. The van der Waals surface area contributed by atoms with E-state index in [1.165, 1.54) is 16.7 Å². The summed E-state index contributed by atoms with van der Waals surface area (Å²) in [5.74, 6) is 1.74. The predicted octanol–water partition coefficient (Wildman–Crippen LogP) is 1.29. The first-order chi connectivity index (χ1) is 14.6. The van der Waals surface area contributed by atoms with E-state index in [2.05, 4.69) is 41.5 Å². The van der Waals surface area contributed by atoms with E-state index in [-0.39, 0.29) is 35.6 Å². The SMILES string of the molecule is Cc1ccc(O)c(C(C)(C)C)c1.Cc1ccc(O)c(C(C)(C)C)c1.Cc1coc([CH]=[Ti])c1.[Cl-].[Cl-]. The minimum Gasteiger partial charge on any atom is -1.00 e. The van der Waals surface area contributed by atoms with Crippen molar-refractivity contribution in [3.63, 3.8) is 0 Å². The van der Waals surface area contributed by atoms with E-state index in [0.29, 0.717) is 11.5 Å². The Morgan fingerprint density at radius 1 is 0.676 bits per heavy atom. The number of hydrogen-bond donors (Lipinski definition) is 2. The molecular weight excluding hydrogens is 503 g/mol. The molecule has 2 aromatic carbocycles. The van der Waals surface area contributed by atoms with E-state index < -0.39 is 0 Å². The molecule has 0 amide bonds. The molecule has 0 unspecified atom stereocenters. The Kier molecular flexibility index (Phi) is 15.1. The first kappa shape index (κ1) is 34.7. The maximum absolute atomic E-state index is 9.57. The van der Waals surface area contributed by atoms with Gasteiger partial charge in [-0.1, -0.05) is 76.9 Å². The van der Waals surface area contributed by atoms with Crippen molar-refractivity contribution in [2.75, 3.05) is 0 Å². The predicted molar refractivity (Wildman–Crippen MR) is 132 cm³/mol. The third-order valence-electron chi connectivity index (χ3n) is 4.81. The van der Waals surface area contributed by atoms with Gasteiger partial charge in [-0.15, -0.1) is 0 Å². The summed E-state index contributed by atoms with van der Waals surface area (Å²) in [7, 11) is 0. The quantitative estimate of drug-likeness (QED) is 0.457. The zero-order chi connectivity index (χ0) is 24.7. The van der Waals surface area contributed by atoms with Crippen molar-refractivity contribution < 1.29 is 59.4 Å². The molecule has 3 rings (SSSR count). The summed E-state index contributed by atoms with van der Waals surface area (Å²) in [5, 5.41) is 19.1. The third kappa shape index (κ3) is 11.8. The average Bonchev–Trinajstić information content (AvgIpc) is 3.10. The van der Waals surface area contributed by atoms with Crippen LogP contribution in [-0.2, 0) is 30.8 Å². The van der Waals surface area contributed by atoms with Crippen LogP contribution in [0, 0.1) is 20.8 Å². The topological polar surface area (TPSA) is 53.6 Å². The fourth-order valence-electron chi connectivity index (χ4n) is 3.03. The summed E-state index contributed by atoms with van der Waals surface area (Å²) in [6.45, 7) is 18.7. The van der Waals surface area contributed by atoms with Gasteiger partial charge in [0, 0.05) is 0 Å². The first-order valence-corrected chi connectivity index (χ1v) is 11.7. The van der Waals surface area contributed by atoms with E-state index >= 15 is 0 Å². The number of phenols is 2. The first-order valence-electron chi connectivity index (χ1n) is 10.8. The summed E-state index contributed by atoms with van der Waals surface area (Å²) < 4.78 is 7.00. The molecule has 1 aromatic heterocycles. The number of halogens is 2. The van der Waals surface area contributed by atoms with Gasteiger partial charge >= 0.3 is 59.3 Å². The molecular formula is C28H38Cl2O3Ti-2. The van der Waals surface area contributed by atoms with Crippen LogP contribution in [0.15, 0.2) is 53.1 Å². The summed E-state index contributed by atoms with van der Waals surface area (Å²) in [5.41, 5.74) is 5.64. The number of aryl methyl sites for hydroxylation is 3. The van der Waals surface area contributed by atoms with Gasteiger partial charge in [-0.2, -0.15) is 0 Å². The molecule has 34 heavy (non-hydrogen) atoms. The largest absolute Gasteiger partial charge is 1.00 e. The molecule has 3 aromatic rings. The Morgan fingerprint density at radius 3 is 1.26 bits per heavy atom. The zero-order valence-corrected chi connectivity index (χ0v) is 24.8. The van der Waals surface area contributed by atoms with Crippen LogP contribution < -0.4 is 24.8 Å². The van der Waals surface area contributed by atoms with Gasteiger partial charge in [-0.3, -0.25) is 0 Å². The number of aromatic hydroxyl groups is 2. The monoisotopic (exact) mass is 540 g/mol. The van der Waals surface area contributed by atoms with Crippen molar-refractivity contribution >= 4 is 4.31 Å². The molecule has 2 N–H and O–H groups in total. The van der Waals surface area contributed by atoms with Crippen LogP contribution in [0.3, 0.4) is 0 Å². The Bertz CT molecular complexity index is 967. The van der Waals surface area contributed by atoms with Crippen LogP contribution in [-0.4, -0.2) is 14.5 Å². The number of hydrogen-bond acceptors (Lipinski definition) is 3. The van der Waals surface area contributed by atoms with Gasteiger partial charge in [-0.25, -0.2) is 0 Å². The third-order valence-corrected chi connectivity index (χ3v) is 5.26. The number of furan rings is 1. The summed E-state index contributed by atoms with van der Waals surface area (Å²) in [6.07, 6.45) is 1.75. The van der Waals surface area contributed by atoms with Crippen molar-refractivity contribution in [3.8, 4) is 11.5 Å². The normalized spacial score (nSPS) is 10.4. The van der Waals surface area contributed by atoms with Gasteiger partial charge in [0.05, 0.1) is 0 Å². The van der Waals surface area contributed by atoms with Crippen LogP contribution in [0.1, 0.15) is 75.1 Å². The van der Waals surface area contributed by atoms with Gasteiger partial charge < -0.3 is 35.0 Å². The van der Waals surface area contributed by atoms with E-state index in [9.17, 15) is 10.2 Å².